The van der Waals surface area contributed by atoms with Gasteiger partial charge in [-0.15, -0.1) is 11.8 Å². The molecule has 1 heterocycles. The SMILES string of the molecule is C[C@H](OC(=O)c1ccccc1SC[C@@H]1CCCO1)C(=O)Nc1cccc(C#N)c1. The fourth-order valence-corrected chi connectivity index (χ4v) is 4.02. The van der Waals surface area contributed by atoms with Crippen LogP contribution in [0.1, 0.15) is 35.7 Å². The summed E-state index contributed by atoms with van der Waals surface area (Å²) >= 11 is 1.56. The molecule has 7 heteroatoms. The second-order valence-corrected chi connectivity index (χ2v) is 7.73. The Hall–Kier alpha value is -2.82. The smallest absolute Gasteiger partial charge is 0.340 e. The molecule has 1 aliphatic heterocycles. The van der Waals surface area contributed by atoms with Crippen LogP contribution in [0.5, 0.6) is 0 Å². The number of amides is 1. The molecular weight excluding hydrogens is 388 g/mol. The van der Waals surface area contributed by atoms with E-state index in [-0.39, 0.29) is 6.10 Å². The van der Waals surface area contributed by atoms with Crippen LogP contribution in [-0.2, 0) is 14.3 Å². The predicted molar refractivity (Wildman–Crippen MR) is 111 cm³/mol. The molecule has 0 bridgehead atoms. The molecule has 2 atom stereocenters. The number of nitrogens with one attached hydrogen (secondary N) is 1. The molecule has 3 rings (SSSR count). The number of carbonyl (C=O) groups is 2. The van der Waals surface area contributed by atoms with Crippen LogP contribution in [-0.4, -0.2) is 36.4 Å². The van der Waals surface area contributed by atoms with Gasteiger partial charge in [-0.25, -0.2) is 4.79 Å². The van der Waals surface area contributed by atoms with Gasteiger partial charge in [-0.05, 0) is 50.1 Å². The fourth-order valence-electron chi connectivity index (χ4n) is 2.91. The number of nitriles is 1. The Labute approximate surface area is 174 Å². The lowest BCUT2D eigenvalue weighted by Crippen LogP contribution is -2.30. The standard InChI is InChI=1S/C22H22N2O4S/c1-15(21(25)24-17-7-4-6-16(12-17)13-23)28-22(26)19-9-2-3-10-20(19)29-14-18-8-5-11-27-18/h2-4,6-7,9-10,12,15,18H,5,8,11,14H2,1H3,(H,24,25)/t15-,18-/m0/s1. The van der Waals surface area contributed by atoms with Crippen molar-refractivity contribution in [2.45, 2.75) is 36.9 Å². The molecule has 1 N–H and O–H groups in total. The van der Waals surface area contributed by atoms with Gasteiger partial charge in [0.25, 0.3) is 5.91 Å². The zero-order chi connectivity index (χ0) is 20.6. The first kappa shape index (κ1) is 20.9. The van der Waals surface area contributed by atoms with Crippen LogP contribution >= 0.6 is 11.8 Å². The topological polar surface area (TPSA) is 88.4 Å². The van der Waals surface area contributed by atoms with Crippen molar-refractivity contribution >= 4 is 29.3 Å². The number of hydrogen-bond donors (Lipinski definition) is 1. The average molecular weight is 410 g/mol. The van der Waals surface area contributed by atoms with E-state index in [1.54, 1.807) is 48.2 Å². The highest BCUT2D eigenvalue weighted by molar-refractivity contribution is 7.99. The molecule has 1 aliphatic rings. The molecule has 29 heavy (non-hydrogen) atoms. The van der Waals surface area contributed by atoms with E-state index in [9.17, 15) is 9.59 Å². The summed E-state index contributed by atoms with van der Waals surface area (Å²) in [6.07, 6.45) is 1.32. The molecule has 0 saturated carbocycles. The Morgan fingerprint density at radius 2 is 2.14 bits per heavy atom. The molecule has 0 radical (unpaired) electrons. The van der Waals surface area contributed by atoms with Gasteiger partial charge in [0.15, 0.2) is 6.10 Å². The molecule has 6 nitrogen and oxygen atoms in total. The van der Waals surface area contributed by atoms with Gasteiger partial charge >= 0.3 is 5.97 Å². The molecule has 0 spiro atoms. The molecular formula is C22H22N2O4S. The molecule has 2 aromatic carbocycles. The third-order valence-electron chi connectivity index (χ3n) is 4.47. The van der Waals surface area contributed by atoms with Crippen LogP contribution in [0.4, 0.5) is 5.69 Å². The summed E-state index contributed by atoms with van der Waals surface area (Å²) in [4.78, 5) is 25.8. The Kier molecular flexibility index (Phi) is 7.28. The Bertz CT molecular complexity index is 919. The first-order chi connectivity index (χ1) is 14.1. The molecule has 1 saturated heterocycles. The number of anilines is 1. The summed E-state index contributed by atoms with van der Waals surface area (Å²) in [5.74, 6) is -0.234. The zero-order valence-electron chi connectivity index (χ0n) is 16.1. The van der Waals surface area contributed by atoms with E-state index in [0.29, 0.717) is 16.8 Å². The molecule has 0 unspecified atom stereocenters. The van der Waals surface area contributed by atoms with E-state index in [0.717, 1.165) is 30.1 Å². The van der Waals surface area contributed by atoms with Gasteiger partial charge in [0, 0.05) is 22.9 Å². The summed E-state index contributed by atoms with van der Waals surface area (Å²) in [5, 5.41) is 11.6. The van der Waals surface area contributed by atoms with Crippen molar-refractivity contribution in [1.82, 2.24) is 0 Å². The quantitative estimate of drug-likeness (QED) is 0.548. The first-order valence-corrected chi connectivity index (χ1v) is 10.4. The summed E-state index contributed by atoms with van der Waals surface area (Å²) < 4.78 is 11.0. The van der Waals surface area contributed by atoms with Crippen molar-refractivity contribution in [2.75, 3.05) is 17.7 Å². The first-order valence-electron chi connectivity index (χ1n) is 9.42. The monoisotopic (exact) mass is 410 g/mol. The lowest BCUT2D eigenvalue weighted by atomic mass is 10.2. The Morgan fingerprint density at radius 3 is 2.90 bits per heavy atom. The number of rotatable bonds is 7. The average Bonchev–Trinajstić information content (AvgIpc) is 3.26. The van der Waals surface area contributed by atoms with Gasteiger partial charge < -0.3 is 14.8 Å². The summed E-state index contributed by atoms with van der Waals surface area (Å²) in [5.41, 5.74) is 1.34. The number of thioether (sulfide) groups is 1. The summed E-state index contributed by atoms with van der Waals surface area (Å²) in [7, 11) is 0. The highest BCUT2D eigenvalue weighted by Crippen LogP contribution is 2.27. The van der Waals surface area contributed by atoms with E-state index >= 15 is 0 Å². The van der Waals surface area contributed by atoms with E-state index in [4.69, 9.17) is 14.7 Å². The van der Waals surface area contributed by atoms with Gasteiger partial charge in [0.2, 0.25) is 0 Å². The Balaban J connectivity index is 1.60. The molecule has 1 fully saturated rings. The molecule has 2 aromatic rings. The van der Waals surface area contributed by atoms with Crippen molar-refractivity contribution < 1.29 is 19.1 Å². The third-order valence-corrected chi connectivity index (χ3v) is 5.67. The predicted octanol–water partition coefficient (Wildman–Crippen LogP) is 4.01. The molecule has 1 amide bonds. The minimum atomic E-state index is -0.982. The van der Waals surface area contributed by atoms with Gasteiger partial charge in [0.05, 0.1) is 23.3 Å². The van der Waals surface area contributed by atoms with Crippen LogP contribution in [0.25, 0.3) is 0 Å². The maximum absolute atomic E-state index is 12.6. The highest BCUT2D eigenvalue weighted by atomic mass is 32.2. The van der Waals surface area contributed by atoms with E-state index in [1.807, 2.05) is 18.2 Å². The maximum Gasteiger partial charge on any atom is 0.340 e. The number of benzene rings is 2. The van der Waals surface area contributed by atoms with Gasteiger partial charge in [0.1, 0.15) is 0 Å². The van der Waals surface area contributed by atoms with Crippen molar-refractivity contribution in [3.63, 3.8) is 0 Å². The van der Waals surface area contributed by atoms with Crippen molar-refractivity contribution in [3.8, 4) is 6.07 Å². The van der Waals surface area contributed by atoms with Crippen LogP contribution in [0.15, 0.2) is 53.4 Å². The minimum absolute atomic E-state index is 0.206. The largest absolute Gasteiger partial charge is 0.449 e. The van der Waals surface area contributed by atoms with E-state index in [1.165, 1.54) is 6.92 Å². The van der Waals surface area contributed by atoms with Crippen molar-refractivity contribution in [1.29, 1.82) is 5.26 Å². The minimum Gasteiger partial charge on any atom is -0.449 e. The lowest BCUT2D eigenvalue weighted by Gasteiger charge is -2.15. The molecule has 150 valence electrons. The normalized spacial score (nSPS) is 16.6. The Morgan fingerprint density at radius 1 is 1.31 bits per heavy atom. The summed E-state index contributed by atoms with van der Waals surface area (Å²) in [6.45, 7) is 2.31. The molecule has 0 aromatic heterocycles. The number of nitrogens with zero attached hydrogens (tertiary/aromatic N) is 1. The number of carbonyl (C=O) groups excluding carboxylic acids is 2. The van der Waals surface area contributed by atoms with Crippen LogP contribution in [0, 0.1) is 11.3 Å². The van der Waals surface area contributed by atoms with Crippen LogP contribution < -0.4 is 5.32 Å². The third kappa shape index (κ3) is 5.83. The van der Waals surface area contributed by atoms with Gasteiger partial charge in [-0.3, -0.25) is 4.79 Å². The second-order valence-electron chi connectivity index (χ2n) is 6.67. The number of hydrogen-bond acceptors (Lipinski definition) is 6. The van der Waals surface area contributed by atoms with Crippen LogP contribution in [0.3, 0.4) is 0 Å². The van der Waals surface area contributed by atoms with Crippen molar-refractivity contribution in [2.24, 2.45) is 0 Å². The van der Waals surface area contributed by atoms with E-state index in [2.05, 4.69) is 5.32 Å². The van der Waals surface area contributed by atoms with E-state index < -0.39 is 18.0 Å². The second kappa shape index (κ2) is 10.1. The summed E-state index contributed by atoms with van der Waals surface area (Å²) in [6, 6.07) is 15.8. The van der Waals surface area contributed by atoms with Gasteiger partial charge in [-0.1, -0.05) is 18.2 Å². The fraction of sp³-hybridized carbons (Fsp3) is 0.318. The number of esters is 1. The lowest BCUT2D eigenvalue weighted by molar-refractivity contribution is -0.123. The highest BCUT2D eigenvalue weighted by Gasteiger charge is 2.22. The van der Waals surface area contributed by atoms with Crippen molar-refractivity contribution in [3.05, 3.63) is 59.7 Å². The maximum atomic E-state index is 12.6. The zero-order valence-corrected chi connectivity index (χ0v) is 16.9. The van der Waals surface area contributed by atoms with Crippen LogP contribution in [0.2, 0.25) is 0 Å². The molecule has 0 aliphatic carbocycles. The van der Waals surface area contributed by atoms with Gasteiger partial charge in [-0.2, -0.15) is 5.26 Å². The number of ether oxygens (including phenoxy) is 2.